The first-order valence-electron chi connectivity index (χ1n) is 6.55. The standard InChI is InChI=1S/C14H20N2O2/c1-2-10-7-8-11(9-13(10)15)16-14(17)18-12-5-3-4-6-12/h7-9,12H,2-6,15H2,1H3,(H,16,17). The highest BCUT2D eigenvalue weighted by Crippen LogP contribution is 2.22. The molecule has 1 aromatic carbocycles. The summed E-state index contributed by atoms with van der Waals surface area (Å²) >= 11 is 0. The van der Waals surface area contributed by atoms with Gasteiger partial charge in [-0.05, 0) is 49.8 Å². The zero-order chi connectivity index (χ0) is 13.0. The first-order valence-corrected chi connectivity index (χ1v) is 6.55. The molecule has 0 aliphatic heterocycles. The highest BCUT2D eigenvalue weighted by Gasteiger charge is 2.19. The molecule has 0 aromatic heterocycles. The van der Waals surface area contributed by atoms with Gasteiger partial charge in [-0.3, -0.25) is 5.32 Å². The van der Waals surface area contributed by atoms with Crippen LogP contribution in [-0.2, 0) is 11.2 Å². The van der Waals surface area contributed by atoms with Gasteiger partial charge in [-0.1, -0.05) is 13.0 Å². The largest absolute Gasteiger partial charge is 0.446 e. The predicted molar refractivity (Wildman–Crippen MR) is 72.6 cm³/mol. The van der Waals surface area contributed by atoms with Crippen molar-refractivity contribution in [2.24, 2.45) is 0 Å². The molecule has 4 heteroatoms. The van der Waals surface area contributed by atoms with Gasteiger partial charge in [0.2, 0.25) is 0 Å². The Labute approximate surface area is 108 Å². The van der Waals surface area contributed by atoms with E-state index in [9.17, 15) is 4.79 Å². The number of carbonyl (C=O) groups excluding carboxylic acids is 1. The molecule has 0 bridgehead atoms. The van der Waals surface area contributed by atoms with Crippen molar-refractivity contribution in [1.29, 1.82) is 0 Å². The lowest BCUT2D eigenvalue weighted by molar-refractivity contribution is 0.114. The van der Waals surface area contributed by atoms with Gasteiger partial charge in [0, 0.05) is 11.4 Å². The molecular formula is C14H20N2O2. The fourth-order valence-corrected chi connectivity index (χ4v) is 2.30. The van der Waals surface area contributed by atoms with E-state index < -0.39 is 0 Å². The van der Waals surface area contributed by atoms with Crippen LogP contribution < -0.4 is 11.1 Å². The Bertz CT molecular complexity index is 426. The molecule has 0 atom stereocenters. The van der Waals surface area contributed by atoms with Crippen LogP contribution >= 0.6 is 0 Å². The second kappa shape index (κ2) is 5.76. The summed E-state index contributed by atoms with van der Waals surface area (Å²) in [6.45, 7) is 2.05. The number of carbonyl (C=O) groups is 1. The van der Waals surface area contributed by atoms with Crippen LogP contribution in [0.25, 0.3) is 0 Å². The van der Waals surface area contributed by atoms with Crippen molar-refractivity contribution in [2.75, 3.05) is 11.1 Å². The predicted octanol–water partition coefficient (Wildman–Crippen LogP) is 3.32. The van der Waals surface area contributed by atoms with Crippen LogP contribution in [0.5, 0.6) is 0 Å². The minimum atomic E-state index is -0.384. The lowest BCUT2D eigenvalue weighted by Gasteiger charge is -2.13. The number of nitrogen functional groups attached to an aromatic ring is 1. The van der Waals surface area contributed by atoms with E-state index in [4.69, 9.17) is 10.5 Å². The number of nitrogens with two attached hydrogens (primary N) is 1. The fourth-order valence-electron chi connectivity index (χ4n) is 2.30. The third kappa shape index (κ3) is 3.15. The van der Waals surface area contributed by atoms with Crippen molar-refractivity contribution in [1.82, 2.24) is 0 Å². The molecule has 1 aliphatic carbocycles. The lowest BCUT2D eigenvalue weighted by Crippen LogP contribution is -2.20. The summed E-state index contributed by atoms with van der Waals surface area (Å²) < 4.78 is 5.32. The van der Waals surface area contributed by atoms with Crippen LogP contribution in [-0.4, -0.2) is 12.2 Å². The Balaban J connectivity index is 1.92. The number of hydrogen-bond donors (Lipinski definition) is 2. The molecule has 0 radical (unpaired) electrons. The van der Waals surface area contributed by atoms with E-state index in [1.54, 1.807) is 6.07 Å². The van der Waals surface area contributed by atoms with E-state index in [0.717, 1.165) is 37.7 Å². The third-order valence-corrected chi connectivity index (χ3v) is 3.35. The Kier molecular flexibility index (Phi) is 4.07. The van der Waals surface area contributed by atoms with E-state index in [1.165, 1.54) is 0 Å². The van der Waals surface area contributed by atoms with Gasteiger partial charge in [-0.25, -0.2) is 4.79 Å². The molecule has 0 spiro atoms. The summed E-state index contributed by atoms with van der Waals surface area (Å²) in [4.78, 5) is 11.7. The smallest absolute Gasteiger partial charge is 0.411 e. The van der Waals surface area contributed by atoms with Crippen molar-refractivity contribution in [3.8, 4) is 0 Å². The number of hydrogen-bond acceptors (Lipinski definition) is 3. The number of amides is 1. The highest BCUT2D eigenvalue weighted by molar-refractivity contribution is 5.85. The number of rotatable bonds is 3. The van der Waals surface area contributed by atoms with E-state index in [0.29, 0.717) is 11.4 Å². The second-order valence-electron chi connectivity index (χ2n) is 4.70. The molecule has 0 saturated heterocycles. The first kappa shape index (κ1) is 12.7. The maximum Gasteiger partial charge on any atom is 0.411 e. The molecule has 1 amide bonds. The van der Waals surface area contributed by atoms with E-state index in [1.807, 2.05) is 19.1 Å². The maximum atomic E-state index is 11.7. The van der Waals surface area contributed by atoms with E-state index in [2.05, 4.69) is 5.32 Å². The third-order valence-electron chi connectivity index (χ3n) is 3.35. The summed E-state index contributed by atoms with van der Waals surface area (Å²) in [6, 6.07) is 5.56. The summed E-state index contributed by atoms with van der Waals surface area (Å²) in [7, 11) is 0. The van der Waals surface area contributed by atoms with Crippen molar-refractivity contribution >= 4 is 17.5 Å². The van der Waals surface area contributed by atoms with Crippen LogP contribution in [0, 0.1) is 0 Å². The highest BCUT2D eigenvalue weighted by atomic mass is 16.6. The van der Waals surface area contributed by atoms with Crippen molar-refractivity contribution < 1.29 is 9.53 Å². The summed E-state index contributed by atoms with van der Waals surface area (Å²) in [5, 5.41) is 2.72. The van der Waals surface area contributed by atoms with Crippen LogP contribution in [0.15, 0.2) is 18.2 Å². The molecule has 2 rings (SSSR count). The summed E-state index contributed by atoms with van der Waals surface area (Å²) in [6.07, 6.45) is 4.84. The molecule has 98 valence electrons. The average molecular weight is 248 g/mol. The zero-order valence-corrected chi connectivity index (χ0v) is 10.7. The number of anilines is 2. The van der Waals surface area contributed by atoms with Gasteiger partial charge >= 0.3 is 6.09 Å². The summed E-state index contributed by atoms with van der Waals surface area (Å²) in [5.41, 5.74) is 8.36. The monoisotopic (exact) mass is 248 g/mol. The number of benzene rings is 1. The quantitative estimate of drug-likeness (QED) is 0.806. The van der Waals surface area contributed by atoms with Crippen molar-refractivity contribution in [3.63, 3.8) is 0 Å². The number of ether oxygens (including phenoxy) is 1. The minimum absolute atomic E-state index is 0.0808. The Morgan fingerprint density at radius 3 is 2.78 bits per heavy atom. The maximum absolute atomic E-state index is 11.7. The fraction of sp³-hybridized carbons (Fsp3) is 0.500. The molecule has 1 aromatic rings. The molecule has 3 N–H and O–H groups in total. The van der Waals surface area contributed by atoms with Crippen molar-refractivity contribution in [3.05, 3.63) is 23.8 Å². The molecular weight excluding hydrogens is 228 g/mol. The Morgan fingerprint density at radius 1 is 1.44 bits per heavy atom. The van der Waals surface area contributed by atoms with Crippen LogP contribution in [0.1, 0.15) is 38.2 Å². The minimum Gasteiger partial charge on any atom is -0.446 e. The van der Waals surface area contributed by atoms with Gasteiger partial charge in [0.05, 0.1) is 0 Å². The molecule has 4 nitrogen and oxygen atoms in total. The zero-order valence-electron chi connectivity index (χ0n) is 10.7. The molecule has 18 heavy (non-hydrogen) atoms. The van der Waals surface area contributed by atoms with Crippen LogP contribution in [0.3, 0.4) is 0 Å². The van der Waals surface area contributed by atoms with Gasteiger partial charge in [-0.2, -0.15) is 0 Å². The normalized spacial score (nSPS) is 15.6. The second-order valence-corrected chi connectivity index (χ2v) is 4.70. The van der Waals surface area contributed by atoms with Gasteiger partial charge in [0.25, 0.3) is 0 Å². The van der Waals surface area contributed by atoms with Gasteiger partial charge < -0.3 is 10.5 Å². The molecule has 1 saturated carbocycles. The number of nitrogens with one attached hydrogen (secondary N) is 1. The molecule has 0 heterocycles. The average Bonchev–Trinajstić information content (AvgIpc) is 2.82. The van der Waals surface area contributed by atoms with E-state index >= 15 is 0 Å². The molecule has 0 unspecified atom stereocenters. The topological polar surface area (TPSA) is 64.3 Å². The summed E-state index contributed by atoms with van der Waals surface area (Å²) in [5.74, 6) is 0. The Hall–Kier alpha value is -1.71. The first-order chi connectivity index (χ1) is 8.69. The molecule has 1 fully saturated rings. The van der Waals surface area contributed by atoms with Crippen LogP contribution in [0.4, 0.5) is 16.2 Å². The number of aryl methyl sites for hydroxylation is 1. The Morgan fingerprint density at radius 2 is 2.17 bits per heavy atom. The van der Waals surface area contributed by atoms with Crippen molar-refractivity contribution in [2.45, 2.75) is 45.1 Å². The van der Waals surface area contributed by atoms with Crippen LogP contribution in [0.2, 0.25) is 0 Å². The SMILES string of the molecule is CCc1ccc(NC(=O)OC2CCCC2)cc1N. The van der Waals surface area contributed by atoms with Gasteiger partial charge in [-0.15, -0.1) is 0 Å². The van der Waals surface area contributed by atoms with Gasteiger partial charge in [0.15, 0.2) is 0 Å². The molecule has 1 aliphatic rings. The van der Waals surface area contributed by atoms with Gasteiger partial charge in [0.1, 0.15) is 6.10 Å². The van der Waals surface area contributed by atoms with E-state index in [-0.39, 0.29) is 12.2 Å². The lowest BCUT2D eigenvalue weighted by atomic mass is 10.1.